The molecule has 0 aliphatic carbocycles. The van der Waals surface area contributed by atoms with Crippen LogP contribution in [0.15, 0.2) is 52.2 Å². The van der Waals surface area contributed by atoms with Crippen LogP contribution in [0, 0.1) is 13.8 Å². The summed E-state index contributed by atoms with van der Waals surface area (Å²) < 4.78 is 47.5. The van der Waals surface area contributed by atoms with E-state index in [0.29, 0.717) is 17.0 Å². The van der Waals surface area contributed by atoms with Gasteiger partial charge in [0.15, 0.2) is 0 Å². The van der Waals surface area contributed by atoms with Gasteiger partial charge in [0.1, 0.15) is 24.8 Å². The normalized spacial score (nSPS) is 12.4. The van der Waals surface area contributed by atoms with Gasteiger partial charge in [0.2, 0.25) is 4.34 Å². The molecule has 1 atom stereocenters. The Hall–Kier alpha value is -2.78. The summed E-state index contributed by atoms with van der Waals surface area (Å²) in [5.41, 5.74) is 3.05. The number of sulfonamides is 1. The molecule has 2 aromatic carbocycles. The van der Waals surface area contributed by atoms with Crippen molar-refractivity contribution in [1.82, 2.24) is 4.98 Å². The van der Waals surface area contributed by atoms with Gasteiger partial charge >= 0.3 is 0 Å². The first-order valence-electron chi connectivity index (χ1n) is 9.57. The van der Waals surface area contributed by atoms with Gasteiger partial charge in [-0.1, -0.05) is 30.3 Å². The Kier molecular flexibility index (Phi) is 7.07. The van der Waals surface area contributed by atoms with Crippen LogP contribution in [-0.4, -0.2) is 32.4 Å². The Labute approximate surface area is 185 Å². The van der Waals surface area contributed by atoms with E-state index in [1.165, 1.54) is 6.92 Å². The maximum Gasteiger partial charge on any atom is 0.291 e. The highest BCUT2D eigenvalue weighted by molar-refractivity contribution is 7.94. The first-order valence-corrected chi connectivity index (χ1v) is 11.9. The number of aryl methyl sites for hydroxylation is 2. The van der Waals surface area contributed by atoms with Crippen LogP contribution in [0.4, 0.5) is 10.1 Å². The molecule has 6 nitrogen and oxygen atoms in total. The molecule has 0 N–H and O–H groups in total. The van der Waals surface area contributed by atoms with Gasteiger partial charge in [-0.15, -0.1) is 11.3 Å². The van der Waals surface area contributed by atoms with E-state index in [1.807, 2.05) is 6.92 Å². The lowest BCUT2D eigenvalue weighted by molar-refractivity contribution is 0.112. The van der Waals surface area contributed by atoms with Crippen LogP contribution in [0.2, 0.25) is 0 Å². The molecular formula is C22H23FN2O4S2. The van der Waals surface area contributed by atoms with Crippen LogP contribution in [0.1, 0.15) is 34.1 Å². The van der Waals surface area contributed by atoms with E-state index in [0.717, 1.165) is 33.1 Å². The molecule has 0 radical (unpaired) electrons. The fourth-order valence-corrected chi connectivity index (χ4v) is 5.58. The molecule has 31 heavy (non-hydrogen) atoms. The largest absolute Gasteiger partial charge is 0.487 e. The van der Waals surface area contributed by atoms with Gasteiger partial charge in [0.25, 0.3) is 10.0 Å². The maximum absolute atomic E-state index is 14.0. The van der Waals surface area contributed by atoms with E-state index in [4.69, 9.17) is 4.74 Å². The number of aldehydes is 1. The number of aromatic nitrogens is 1. The molecule has 9 heteroatoms. The van der Waals surface area contributed by atoms with Crippen LogP contribution in [0.5, 0.6) is 5.75 Å². The van der Waals surface area contributed by atoms with E-state index >= 15 is 0 Å². The highest BCUT2D eigenvalue weighted by Crippen LogP contribution is 2.35. The number of anilines is 1. The Morgan fingerprint density at radius 2 is 1.90 bits per heavy atom. The molecule has 1 heterocycles. The van der Waals surface area contributed by atoms with Gasteiger partial charge in [-0.05, 0) is 44.0 Å². The van der Waals surface area contributed by atoms with E-state index < -0.39 is 16.2 Å². The van der Waals surface area contributed by atoms with Crippen molar-refractivity contribution in [2.75, 3.05) is 10.8 Å². The molecule has 0 spiro atoms. The molecular weight excluding hydrogens is 439 g/mol. The van der Waals surface area contributed by atoms with E-state index in [-0.39, 0.29) is 23.2 Å². The summed E-state index contributed by atoms with van der Waals surface area (Å²) in [6, 6.07) is 11.9. The number of hydrogen-bond acceptors (Lipinski definition) is 6. The van der Waals surface area contributed by atoms with Gasteiger partial charge in [-0.25, -0.2) is 9.37 Å². The predicted molar refractivity (Wildman–Crippen MR) is 119 cm³/mol. The zero-order valence-electron chi connectivity index (χ0n) is 17.4. The van der Waals surface area contributed by atoms with Crippen LogP contribution < -0.4 is 9.04 Å². The third-order valence-corrected chi connectivity index (χ3v) is 7.55. The number of carbonyl (C=O) groups is 1. The first-order chi connectivity index (χ1) is 14.7. The van der Waals surface area contributed by atoms with Crippen molar-refractivity contribution in [2.24, 2.45) is 0 Å². The fraction of sp³-hybridized carbons (Fsp3) is 0.273. The second kappa shape index (κ2) is 9.57. The number of benzene rings is 2. The van der Waals surface area contributed by atoms with Crippen molar-refractivity contribution in [1.29, 1.82) is 0 Å². The number of thiazole rings is 1. The molecule has 1 aromatic heterocycles. The number of hydrogen-bond donors (Lipinski definition) is 0. The van der Waals surface area contributed by atoms with Crippen molar-refractivity contribution < 1.29 is 22.3 Å². The minimum absolute atomic E-state index is 0.0957. The van der Waals surface area contributed by atoms with E-state index in [2.05, 4.69) is 4.98 Å². The number of nitrogens with zero attached hydrogens (tertiary/aromatic N) is 2. The number of alkyl halides is 1. The number of rotatable bonds is 9. The molecule has 3 aromatic rings. The lowest BCUT2D eigenvalue weighted by Crippen LogP contribution is -2.35. The summed E-state index contributed by atoms with van der Waals surface area (Å²) in [5, 5.41) is 1.64. The summed E-state index contributed by atoms with van der Waals surface area (Å²) in [6.45, 7) is 4.66. The number of carbonyl (C=O) groups excluding carboxylic acids is 1. The summed E-state index contributed by atoms with van der Waals surface area (Å²) >= 11 is 0.997. The second-order valence-corrected chi connectivity index (χ2v) is 10.1. The predicted octanol–water partition coefficient (Wildman–Crippen LogP) is 4.70. The second-order valence-electron chi connectivity index (χ2n) is 7.19. The van der Waals surface area contributed by atoms with Gasteiger partial charge in [0, 0.05) is 16.6 Å². The average molecular weight is 463 g/mol. The Morgan fingerprint density at radius 1 is 1.19 bits per heavy atom. The van der Waals surface area contributed by atoms with Crippen molar-refractivity contribution in [3.8, 4) is 5.75 Å². The minimum atomic E-state index is -4.07. The highest BCUT2D eigenvalue weighted by Gasteiger charge is 2.31. The van der Waals surface area contributed by atoms with Crippen molar-refractivity contribution in [3.63, 3.8) is 0 Å². The summed E-state index contributed by atoms with van der Waals surface area (Å²) in [7, 11) is -4.07. The molecule has 0 saturated heterocycles. The molecule has 0 amide bonds. The summed E-state index contributed by atoms with van der Waals surface area (Å²) in [5.74, 6) is 0.317. The molecule has 0 fully saturated rings. The smallest absolute Gasteiger partial charge is 0.291 e. The number of halogens is 1. The van der Waals surface area contributed by atoms with Crippen LogP contribution in [-0.2, 0) is 16.6 Å². The zero-order chi connectivity index (χ0) is 22.6. The topological polar surface area (TPSA) is 76.6 Å². The SMILES string of the molecule is Cc1ccc(N(CC(C)F)S(=O)(=O)c2nc(C)cs2)c(OCc2ccc(C=O)cc2)c1. The molecule has 0 saturated carbocycles. The maximum atomic E-state index is 14.0. The third-order valence-electron chi connectivity index (χ3n) is 4.42. The van der Waals surface area contributed by atoms with Gasteiger partial charge in [-0.3, -0.25) is 9.10 Å². The van der Waals surface area contributed by atoms with Gasteiger partial charge < -0.3 is 4.74 Å². The molecule has 0 aliphatic heterocycles. The van der Waals surface area contributed by atoms with E-state index in [1.54, 1.807) is 54.8 Å². The van der Waals surface area contributed by atoms with Crippen molar-refractivity contribution >= 4 is 33.3 Å². The third kappa shape index (κ3) is 5.48. The minimum Gasteiger partial charge on any atom is -0.487 e. The highest BCUT2D eigenvalue weighted by atomic mass is 32.2. The summed E-state index contributed by atoms with van der Waals surface area (Å²) in [4.78, 5) is 14.9. The molecule has 3 rings (SSSR count). The number of ether oxygens (including phenoxy) is 1. The average Bonchev–Trinajstić information content (AvgIpc) is 3.18. The van der Waals surface area contributed by atoms with Crippen molar-refractivity contribution in [2.45, 2.75) is 37.9 Å². The molecule has 0 aliphatic rings. The molecule has 0 bridgehead atoms. The van der Waals surface area contributed by atoms with Crippen LogP contribution in [0.3, 0.4) is 0 Å². The zero-order valence-corrected chi connectivity index (χ0v) is 19.0. The lowest BCUT2D eigenvalue weighted by atomic mass is 10.1. The Balaban J connectivity index is 1.98. The standard InChI is InChI=1S/C22H23FN2O4S2/c1-15-4-9-20(21(10-15)29-13-19-7-5-18(12-26)6-8-19)25(11-16(2)23)31(27,28)22-24-17(3)14-30-22/h4-10,12,14,16H,11,13H2,1-3H3. The monoisotopic (exact) mass is 462 g/mol. The Bertz CT molecular complexity index is 1160. The van der Waals surface area contributed by atoms with Gasteiger partial charge in [-0.2, -0.15) is 8.42 Å². The van der Waals surface area contributed by atoms with Crippen LogP contribution >= 0.6 is 11.3 Å². The van der Waals surface area contributed by atoms with Crippen LogP contribution in [0.25, 0.3) is 0 Å². The fourth-order valence-electron chi connectivity index (χ4n) is 2.90. The van der Waals surface area contributed by atoms with Crippen molar-refractivity contribution in [3.05, 3.63) is 70.2 Å². The Morgan fingerprint density at radius 3 is 2.48 bits per heavy atom. The lowest BCUT2D eigenvalue weighted by Gasteiger charge is -2.26. The quantitative estimate of drug-likeness (QED) is 0.431. The first kappa shape index (κ1) is 22.9. The van der Waals surface area contributed by atoms with E-state index in [9.17, 15) is 17.6 Å². The molecule has 1 unspecified atom stereocenters. The summed E-state index contributed by atoms with van der Waals surface area (Å²) in [6.07, 6.45) is -0.648. The van der Waals surface area contributed by atoms with Gasteiger partial charge in [0.05, 0.1) is 12.2 Å². The molecule has 164 valence electrons.